The number of rotatable bonds is 6. The lowest BCUT2D eigenvalue weighted by atomic mass is 10.0. The van der Waals surface area contributed by atoms with Crippen molar-refractivity contribution in [3.8, 4) is 0 Å². The van der Waals surface area contributed by atoms with Gasteiger partial charge in [0.25, 0.3) is 17.3 Å². The number of carbonyl (C=O) groups is 2. The first-order valence-electron chi connectivity index (χ1n) is 7.97. The molecular formula is C17H14F2N4O6. The van der Waals surface area contributed by atoms with Crippen molar-refractivity contribution >= 4 is 23.2 Å². The van der Waals surface area contributed by atoms with Gasteiger partial charge in [0.15, 0.2) is 11.6 Å². The lowest BCUT2D eigenvalue weighted by Crippen LogP contribution is -2.39. The minimum absolute atomic E-state index is 0.103. The van der Waals surface area contributed by atoms with Crippen LogP contribution in [0.3, 0.4) is 0 Å². The molecule has 2 aromatic rings. The van der Waals surface area contributed by atoms with Crippen molar-refractivity contribution in [2.45, 2.75) is 13.0 Å². The average Bonchev–Trinajstić information content (AvgIpc) is 2.67. The summed E-state index contributed by atoms with van der Waals surface area (Å²) in [5.74, 6) is -4.26. The molecule has 10 nitrogen and oxygen atoms in total. The number of benzene rings is 2. The molecule has 2 N–H and O–H groups in total. The highest BCUT2D eigenvalue weighted by Crippen LogP contribution is 2.28. The highest BCUT2D eigenvalue weighted by Gasteiger charge is 2.28. The van der Waals surface area contributed by atoms with Crippen LogP contribution < -0.4 is 10.6 Å². The molecule has 2 rings (SSSR count). The van der Waals surface area contributed by atoms with Crippen molar-refractivity contribution in [2.24, 2.45) is 0 Å². The molecule has 0 aliphatic heterocycles. The first-order chi connectivity index (χ1) is 13.6. The predicted molar refractivity (Wildman–Crippen MR) is 95.1 cm³/mol. The lowest BCUT2D eigenvalue weighted by Gasteiger charge is -2.18. The Kier molecular flexibility index (Phi) is 6.16. The van der Waals surface area contributed by atoms with Gasteiger partial charge in [0.05, 0.1) is 21.5 Å². The maximum Gasteiger partial charge on any atom is 0.279 e. The largest absolute Gasteiger partial charge is 0.357 e. The fraction of sp³-hybridized carbons (Fsp3) is 0.176. The summed E-state index contributed by atoms with van der Waals surface area (Å²) in [5.41, 5.74) is -2.04. The molecule has 1 atom stereocenters. The van der Waals surface area contributed by atoms with Crippen LogP contribution in [0.15, 0.2) is 30.3 Å². The SMILES string of the molecule is CNC(=O)C(NC(=O)c1cc([N+](=O)[O-])cc([N+](=O)[O-])c1C)c1ccc(F)c(F)c1. The molecule has 0 radical (unpaired) electrons. The number of nitrogens with one attached hydrogen (secondary N) is 2. The molecular weight excluding hydrogens is 394 g/mol. The molecule has 1 unspecified atom stereocenters. The second kappa shape index (κ2) is 8.37. The van der Waals surface area contributed by atoms with E-state index < -0.39 is 56.3 Å². The zero-order valence-corrected chi connectivity index (χ0v) is 15.1. The molecule has 0 spiro atoms. The smallest absolute Gasteiger partial charge is 0.279 e. The molecule has 0 aliphatic carbocycles. The van der Waals surface area contributed by atoms with Crippen molar-refractivity contribution < 1.29 is 28.2 Å². The molecule has 0 bridgehead atoms. The van der Waals surface area contributed by atoms with E-state index in [1.165, 1.54) is 14.0 Å². The van der Waals surface area contributed by atoms with E-state index >= 15 is 0 Å². The summed E-state index contributed by atoms with van der Waals surface area (Å²) in [6.45, 7) is 1.21. The van der Waals surface area contributed by atoms with Gasteiger partial charge in [-0.15, -0.1) is 0 Å². The monoisotopic (exact) mass is 408 g/mol. The Morgan fingerprint density at radius 1 is 1.03 bits per heavy atom. The summed E-state index contributed by atoms with van der Waals surface area (Å²) in [4.78, 5) is 45.2. The van der Waals surface area contributed by atoms with Gasteiger partial charge in [-0.25, -0.2) is 8.78 Å². The second-order valence-electron chi connectivity index (χ2n) is 5.85. The molecule has 12 heteroatoms. The third-order valence-electron chi connectivity index (χ3n) is 4.08. The highest BCUT2D eigenvalue weighted by atomic mass is 19.2. The van der Waals surface area contributed by atoms with Gasteiger partial charge < -0.3 is 10.6 Å². The van der Waals surface area contributed by atoms with E-state index in [4.69, 9.17) is 0 Å². The number of hydrogen-bond acceptors (Lipinski definition) is 6. The van der Waals surface area contributed by atoms with E-state index in [9.17, 15) is 38.6 Å². The topological polar surface area (TPSA) is 144 Å². The van der Waals surface area contributed by atoms with Gasteiger partial charge in [-0.2, -0.15) is 0 Å². The summed E-state index contributed by atoms with van der Waals surface area (Å²) in [6, 6.07) is 2.58. The standard InChI is InChI=1S/C17H14F2N4O6/c1-8-11(6-10(22(26)27)7-14(8)23(28)29)16(24)21-15(17(25)20-2)9-3-4-12(18)13(19)5-9/h3-7,15H,1-2H3,(H,20,25)(H,21,24). The van der Waals surface area contributed by atoms with E-state index in [2.05, 4.69) is 10.6 Å². The Hall–Kier alpha value is -3.96. The Morgan fingerprint density at radius 2 is 1.69 bits per heavy atom. The average molecular weight is 408 g/mol. The van der Waals surface area contributed by atoms with Crippen LogP contribution in [0.5, 0.6) is 0 Å². The third kappa shape index (κ3) is 4.48. The minimum Gasteiger partial charge on any atom is -0.357 e. The summed E-state index contributed by atoms with van der Waals surface area (Å²) in [7, 11) is 1.24. The van der Waals surface area contributed by atoms with E-state index in [0.717, 1.165) is 18.2 Å². The third-order valence-corrected chi connectivity index (χ3v) is 4.08. The minimum atomic E-state index is -1.49. The number of amides is 2. The summed E-state index contributed by atoms with van der Waals surface area (Å²) >= 11 is 0. The van der Waals surface area contributed by atoms with Crippen LogP contribution in [0.25, 0.3) is 0 Å². The van der Waals surface area contributed by atoms with E-state index in [0.29, 0.717) is 12.1 Å². The first-order valence-corrected chi connectivity index (χ1v) is 7.97. The fourth-order valence-electron chi connectivity index (χ4n) is 2.56. The van der Waals surface area contributed by atoms with Gasteiger partial charge in [-0.3, -0.25) is 29.8 Å². The van der Waals surface area contributed by atoms with Crippen LogP contribution >= 0.6 is 0 Å². The van der Waals surface area contributed by atoms with Crippen LogP contribution in [0.4, 0.5) is 20.2 Å². The Bertz CT molecular complexity index is 1030. The lowest BCUT2D eigenvalue weighted by molar-refractivity contribution is -0.394. The summed E-state index contributed by atoms with van der Waals surface area (Å²) in [6.07, 6.45) is 0. The highest BCUT2D eigenvalue weighted by molar-refractivity contribution is 6.00. The Balaban J connectivity index is 2.51. The first kappa shape index (κ1) is 21.3. The molecule has 0 aromatic heterocycles. The van der Waals surface area contributed by atoms with Crippen LogP contribution in [0.1, 0.15) is 27.5 Å². The molecule has 0 heterocycles. The van der Waals surface area contributed by atoms with E-state index in [-0.39, 0.29) is 11.1 Å². The number of hydrogen-bond donors (Lipinski definition) is 2. The quantitative estimate of drug-likeness (QED) is 0.554. The van der Waals surface area contributed by atoms with Crippen molar-refractivity contribution in [1.82, 2.24) is 10.6 Å². The number of halogens is 2. The van der Waals surface area contributed by atoms with Crippen LogP contribution in [-0.2, 0) is 4.79 Å². The number of nitrogens with zero attached hydrogens (tertiary/aromatic N) is 2. The Morgan fingerprint density at radius 3 is 2.21 bits per heavy atom. The molecule has 152 valence electrons. The zero-order valence-electron chi connectivity index (χ0n) is 15.1. The molecule has 0 saturated carbocycles. The molecule has 2 amide bonds. The number of likely N-dealkylation sites (N-methyl/N-ethyl adjacent to an activating group) is 1. The van der Waals surface area contributed by atoms with Crippen LogP contribution in [0, 0.1) is 38.8 Å². The van der Waals surface area contributed by atoms with Crippen molar-refractivity contribution in [1.29, 1.82) is 0 Å². The molecule has 2 aromatic carbocycles. The van der Waals surface area contributed by atoms with Gasteiger partial charge in [-0.1, -0.05) is 6.07 Å². The van der Waals surface area contributed by atoms with Crippen LogP contribution in [-0.4, -0.2) is 28.7 Å². The molecule has 0 saturated heterocycles. The normalized spacial score (nSPS) is 11.4. The molecule has 0 aliphatic rings. The Labute approximate surface area is 161 Å². The number of nitro benzene ring substituents is 2. The fourth-order valence-corrected chi connectivity index (χ4v) is 2.56. The van der Waals surface area contributed by atoms with Crippen molar-refractivity contribution in [3.05, 3.63) is 78.9 Å². The van der Waals surface area contributed by atoms with Crippen molar-refractivity contribution in [2.75, 3.05) is 7.05 Å². The maximum atomic E-state index is 13.5. The van der Waals surface area contributed by atoms with Gasteiger partial charge in [0.2, 0.25) is 5.91 Å². The second-order valence-corrected chi connectivity index (χ2v) is 5.85. The van der Waals surface area contributed by atoms with Gasteiger partial charge in [-0.05, 0) is 24.6 Å². The van der Waals surface area contributed by atoms with Gasteiger partial charge >= 0.3 is 0 Å². The summed E-state index contributed by atoms with van der Waals surface area (Å²) < 4.78 is 26.7. The van der Waals surface area contributed by atoms with Gasteiger partial charge in [0.1, 0.15) is 6.04 Å². The van der Waals surface area contributed by atoms with E-state index in [1.54, 1.807) is 0 Å². The van der Waals surface area contributed by atoms with E-state index in [1.807, 2.05) is 0 Å². The predicted octanol–water partition coefficient (Wildman–Crippen LogP) is 2.31. The maximum absolute atomic E-state index is 13.5. The summed E-state index contributed by atoms with van der Waals surface area (Å²) in [5, 5.41) is 26.7. The zero-order chi connectivity index (χ0) is 21.9. The molecule has 0 fully saturated rings. The van der Waals surface area contributed by atoms with Crippen LogP contribution in [0.2, 0.25) is 0 Å². The number of nitro groups is 2. The molecule has 29 heavy (non-hydrogen) atoms. The van der Waals surface area contributed by atoms with Gasteiger partial charge in [0, 0.05) is 18.7 Å². The van der Waals surface area contributed by atoms with Crippen molar-refractivity contribution in [3.63, 3.8) is 0 Å². The number of non-ortho nitro benzene ring substituents is 1. The number of carbonyl (C=O) groups excluding carboxylic acids is 2.